The Balaban J connectivity index is 1.64. The first-order valence-corrected chi connectivity index (χ1v) is 14.7. The third kappa shape index (κ3) is 5.36. The van der Waals surface area contributed by atoms with Crippen LogP contribution in [0, 0.1) is 17.2 Å². The topological polar surface area (TPSA) is 156 Å². The second-order valence-corrected chi connectivity index (χ2v) is 12.0. The number of aromatic nitrogens is 2. The molecule has 1 saturated carbocycles. The molecule has 0 bridgehead atoms. The molecule has 0 radical (unpaired) electrons. The highest BCUT2D eigenvalue weighted by atomic mass is 32.2. The molecule has 9 nitrogen and oxygen atoms in total. The highest BCUT2D eigenvalue weighted by molar-refractivity contribution is 7.91. The lowest BCUT2D eigenvalue weighted by Crippen LogP contribution is -2.33. The second-order valence-electron chi connectivity index (χ2n) is 10.1. The number of nitriles is 1. The molecule has 208 valence electrons. The number of rotatable bonds is 9. The molecular weight excluding hydrogens is 540 g/mol. The van der Waals surface area contributed by atoms with Crippen LogP contribution in [0.2, 0.25) is 0 Å². The summed E-state index contributed by atoms with van der Waals surface area (Å²) < 4.78 is 29.0. The molecule has 0 aliphatic heterocycles. The first-order chi connectivity index (χ1) is 19.6. The van der Waals surface area contributed by atoms with Crippen LogP contribution in [0.1, 0.15) is 59.5 Å². The monoisotopic (exact) mass is 568 g/mol. The van der Waals surface area contributed by atoms with Gasteiger partial charge in [-0.2, -0.15) is 10.2 Å². The minimum atomic E-state index is -4.50. The molecule has 41 heavy (non-hydrogen) atoms. The number of carbonyl (C=O) groups is 1. The number of sulfone groups is 1. The van der Waals surface area contributed by atoms with E-state index in [-0.39, 0.29) is 10.5 Å². The van der Waals surface area contributed by atoms with E-state index < -0.39 is 38.1 Å². The van der Waals surface area contributed by atoms with E-state index in [1.54, 1.807) is 48.5 Å². The van der Waals surface area contributed by atoms with Crippen molar-refractivity contribution in [1.29, 1.82) is 5.26 Å². The fourth-order valence-corrected chi connectivity index (χ4v) is 6.44. The molecule has 10 heteroatoms. The van der Waals surface area contributed by atoms with Crippen molar-refractivity contribution in [2.45, 2.75) is 48.4 Å². The van der Waals surface area contributed by atoms with Gasteiger partial charge in [0.1, 0.15) is 5.82 Å². The first kappa shape index (κ1) is 27.8. The molecule has 1 aliphatic rings. The summed E-state index contributed by atoms with van der Waals surface area (Å²) in [6.45, 7) is 1.86. The van der Waals surface area contributed by atoms with Crippen LogP contribution in [0.15, 0.2) is 87.4 Å². The van der Waals surface area contributed by atoms with E-state index in [1.807, 2.05) is 6.92 Å². The highest BCUT2D eigenvalue weighted by Gasteiger charge is 2.33. The van der Waals surface area contributed by atoms with E-state index in [1.165, 1.54) is 28.8 Å². The van der Waals surface area contributed by atoms with Gasteiger partial charge in [-0.05, 0) is 72.2 Å². The van der Waals surface area contributed by atoms with Crippen LogP contribution in [0.25, 0.3) is 11.1 Å². The van der Waals surface area contributed by atoms with Gasteiger partial charge in [0.25, 0.3) is 5.56 Å². The molecule has 0 saturated heterocycles. The number of aromatic hydroxyl groups is 1. The zero-order valence-corrected chi connectivity index (χ0v) is 23.1. The van der Waals surface area contributed by atoms with Gasteiger partial charge >= 0.3 is 0 Å². The molecule has 1 atom stereocenters. The Morgan fingerprint density at radius 1 is 1.12 bits per heavy atom. The molecule has 5 rings (SSSR count). The second kappa shape index (κ2) is 11.0. The minimum absolute atomic E-state index is 0.215. The molecule has 1 aromatic heterocycles. The lowest BCUT2D eigenvalue weighted by atomic mass is 9.99. The summed E-state index contributed by atoms with van der Waals surface area (Å²) in [7, 11) is -4.50. The van der Waals surface area contributed by atoms with Gasteiger partial charge in [-0.25, -0.2) is 8.42 Å². The van der Waals surface area contributed by atoms with Gasteiger partial charge in [0.15, 0.2) is 4.90 Å². The summed E-state index contributed by atoms with van der Waals surface area (Å²) in [6, 6.07) is 20.7. The van der Waals surface area contributed by atoms with Crippen LogP contribution in [-0.4, -0.2) is 29.0 Å². The van der Waals surface area contributed by atoms with Crippen molar-refractivity contribution in [3.8, 4) is 23.1 Å². The lowest BCUT2D eigenvalue weighted by molar-refractivity contribution is 0.100. The van der Waals surface area contributed by atoms with Crippen LogP contribution < -0.4 is 11.3 Å². The average Bonchev–Trinajstić information content (AvgIpc) is 3.79. The Morgan fingerprint density at radius 3 is 2.46 bits per heavy atom. The van der Waals surface area contributed by atoms with Gasteiger partial charge in [0.2, 0.25) is 21.6 Å². The third-order valence-corrected chi connectivity index (χ3v) is 9.12. The maximum absolute atomic E-state index is 14.0. The van der Waals surface area contributed by atoms with E-state index >= 15 is 0 Å². The molecule has 1 amide bonds. The Hall–Kier alpha value is -4.75. The summed E-state index contributed by atoms with van der Waals surface area (Å²) in [6.07, 6.45) is 2.77. The van der Waals surface area contributed by atoms with E-state index in [0.717, 1.165) is 12.8 Å². The summed E-state index contributed by atoms with van der Waals surface area (Å²) in [5.74, 6) is -0.855. The zero-order valence-electron chi connectivity index (χ0n) is 22.3. The number of benzene rings is 3. The summed E-state index contributed by atoms with van der Waals surface area (Å²) >= 11 is 0. The zero-order chi connectivity index (χ0) is 29.3. The van der Waals surface area contributed by atoms with Crippen molar-refractivity contribution < 1.29 is 18.3 Å². The molecule has 0 unspecified atom stereocenters. The van der Waals surface area contributed by atoms with Crippen LogP contribution in [-0.2, 0) is 16.3 Å². The maximum atomic E-state index is 14.0. The number of carbonyl (C=O) groups excluding carboxylic acids is 1. The smallest absolute Gasteiger partial charge is 0.277 e. The van der Waals surface area contributed by atoms with Gasteiger partial charge in [-0.3, -0.25) is 14.2 Å². The Bertz CT molecular complexity index is 1850. The Kier molecular flexibility index (Phi) is 7.47. The van der Waals surface area contributed by atoms with Crippen molar-refractivity contribution in [3.05, 3.63) is 106 Å². The summed E-state index contributed by atoms with van der Waals surface area (Å²) in [5, 5.41) is 20.3. The van der Waals surface area contributed by atoms with E-state index in [4.69, 9.17) is 5.73 Å². The van der Waals surface area contributed by atoms with E-state index in [9.17, 15) is 28.4 Å². The fraction of sp³-hybridized carbons (Fsp3) is 0.226. The normalized spacial score (nSPS) is 13.9. The predicted molar refractivity (Wildman–Crippen MR) is 152 cm³/mol. The number of hydrogen-bond donors (Lipinski definition) is 2. The number of amides is 1. The van der Waals surface area contributed by atoms with Gasteiger partial charge in [-0.1, -0.05) is 49.4 Å². The van der Waals surface area contributed by atoms with Crippen LogP contribution in [0.5, 0.6) is 5.88 Å². The number of nitrogens with two attached hydrogens (primary N) is 1. The molecule has 3 aromatic carbocycles. The molecule has 1 fully saturated rings. The van der Waals surface area contributed by atoms with E-state index in [2.05, 4.69) is 11.1 Å². The summed E-state index contributed by atoms with van der Waals surface area (Å²) in [4.78, 5) is 29.1. The SMILES string of the molecule is CC[C@@H](c1cccc(C#N)c1)n1c(CC2CC2)nc(O)c(S(=O)(=O)c2ccc(-c3ccccc3C(N)=O)cc2)c1=O. The van der Waals surface area contributed by atoms with Crippen molar-refractivity contribution in [2.75, 3.05) is 0 Å². The van der Waals surface area contributed by atoms with Crippen LogP contribution in [0.4, 0.5) is 0 Å². The van der Waals surface area contributed by atoms with Gasteiger partial charge in [0.05, 0.1) is 22.6 Å². The largest absolute Gasteiger partial charge is 0.492 e. The van der Waals surface area contributed by atoms with Crippen LogP contribution in [0.3, 0.4) is 0 Å². The van der Waals surface area contributed by atoms with Crippen LogP contribution >= 0.6 is 0 Å². The summed E-state index contributed by atoms with van der Waals surface area (Å²) in [5.41, 5.74) is 7.07. The minimum Gasteiger partial charge on any atom is -0.492 e. The lowest BCUT2D eigenvalue weighted by Gasteiger charge is -2.23. The standard InChI is InChI=1S/C31H28N4O5S/c1-2-26(22-7-5-6-20(16-22)18-32)35-27(17-19-10-11-19)34-30(37)28(31(35)38)41(39,40)23-14-12-21(13-15-23)24-8-3-4-9-25(24)29(33)36/h3-9,12-16,19,26,37H,2,10-11,17H2,1H3,(H2,33,36)/t26-/m0/s1. The number of primary amides is 1. The molecular formula is C31H28N4O5S. The predicted octanol–water partition coefficient (Wildman–Crippen LogP) is 4.37. The number of nitrogens with zero attached hydrogens (tertiary/aromatic N) is 3. The first-order valence-electron chi connectivity index (χ1n) is 13.2. The molecule has 4 aromatic rings. The molecule has 1 aliphatic carbocycles. The Morgan fingerprint density at radius 2 is 1.83 bits per heavy atom. The third-order valence-electron chi connectivity index (χ3n) is 7.33. The molecule has 3 N–H and O–H groups in total. The van der Waals surface area contributed by atoms with Gasteiger partial charge in [-0.15, -0.1) is 0 Å². The van der Waals surface area contributed by atoms with Crippen molar-refractivity contribution in [1.82, 2.24) is 9.55 Å². The van der Waals surface area contributed by atoms with Crippen molar-refractivity contribution in [2.24, 2.45) is 11.7 Å². The van der Waals surface area contributed by atoms with Crippen molar-refractivity contribution in [3.63, 3.8) is 0 Å². The average molecular weight is 569 g/mol. The Labute approximate surface area is 237 Å². The molecule has 1 heterocycles. The quantitative estimate of drug-likeness (QED) is 0.304. The highest BCUT2D eigenvalue weighted by Crippen LogP contribution is 2.35. The van der Waals surface area contributed by atoms with Crippen molar-refractivity contribution >= 4 is 15.7 Å². The van der Waals surface area contributed by atoms with E-state index in [0.29, 0.717) is 46.8 Å². The maximum Gasteiger partial charge on any atom is 0.277 e. The molecule has 0 spiro atoms. The van der Waals surface area contributed by atoms with Gasteiger partial charge in [0, 0.05) is 12.0 Å². The number of hydrogen-bond acceptors (Lipinski definition) is 7. The fourth-order valence-electron chi connectivity index (χ4n) is 5.09. The van der Waals surface area contributed by atoms with Gasteiger partial charge < -0.3 is 10.8 Å².